The molecule has 0 bridgehead atoms. The molecule has 2 aromatic carbocycles. The molecular weight excluding hydrogens is 468 g/mol. The zero-order valence-electron chi connectivity index (χ0n) is 19.2. The molecule has 0 aliphatic carbocycles. The minimum absolute atomic E-state index is 0.0866. The summed E-state index contributed by atoms with van der Waals surface area (Å²) in [6, 6.07) is 5.33. The van der Waals surface area contributed by atoms with Crippen LogP contribution in [0.1, 0.15) is 18.9 Å². The number of anilines is 1. The van der Waals surface area contributed by atoms with Gasteiger partial charge in [-0.25, -0.2) is 13.6 Å². The molecule has 3 N–H and O–H groups in total. The molecule has 3 heterocycles. The highest BCUT2D eigenvalue weighted by molar-refractivity contribution is 6.03. The largest absolute Gasteiger partial charge is 0.429 e. The van der Waals surface area contributed by atoms with Crippen LogP contribution in [-0.4, -0.2) is 40.6 Å². The number of halogens is 2. The van der Waals surface area contributed by atoms with Gasteiger partial charge in [-0.15, -0.1) is 6.42 Å². The summed E-state index contributed by atoms with van der Waals surface area (Å²) in [5.41, 5.74) is 5.11. The SMILES string of the molecule is C#Cc1c(F)ccc2cc(OC=O)cc(-c3ncc4c(N5CC(C)CC(N)C5)nc(=O)[nH]c4c3F)c12. The molecule has 2 atom stereocenters. The number of nitrogens with zero attached hydrogens (tertiary/aromatic N) is 3. The van der Waals surface area contributed by atoms with Gasteiger partial charge in [-0.05, 0) is 35.9 Å². The number of aromatic amines is 1. The molecule has 1 fully saturated rings. The van der Waals surface area contributed by atoms with Crippen molar-refractivity contribution in [2.75, 3.05) is 18.0 Å². The first-order valence-corrected chi connectivity index (χ1v) is 11.2. The minimum Gasteiger partial charge on any atom is -0.429 e. The number of carbonyl (C=O) groups is 1. The average Bonchev–Trinajstić information content (AvgIpc) is 2.83. The summed E-state index contributed by atoms with van der Waals surface area (Å²) in [7, 11) is 0. The predicted octanol–water partition coefficient (Wildman–Crippen LogP) is 3.11. The maximum atomic E-state index is 16.1. The van der Waals surface area contributed by atoms with E-state index in [1.54, 1.807) is 0 Å². The van der Waals surface area contributed by atoms with Crippen LogP contribution in [-0.2, 0) is 4.79 Å². The summed E-state index contributed by atoms with van der Waals surface area (Å²) in [6.45, 7) is 3.32. The van der Waals surface area contributed by atoms with E-state index in [9.17, 15) is 14.0 Å². The molecule has 4 aromatic rings. The number of nitrogens with two attached hydrogens (primary N) is 1. The summed E-state index contributed by atoms with van der Waals surface area (Å²) >= 11 is 0. The number of piperidine rings is 1. The Morgan fingerprint density at radius 1 is 1.31 bits per heavy atom. The van der Waals surface area contributed by atoms with E-state index in [2.05, 4.69) is 20.9 Å². The maximum absolute atomic E-state index is 16.1. The van der Waals surface area contributed by atoms with Gasteiger partial charge in [0.05, 0.1) is 16.5 Å². The topological polar surface area (TPSA) is 114 Å². The Kier molecular flexibility index (Phi) is 5.86. The number of benzene rings is 2. The van der Waals surface area contributed by atoms with E-state index in [1.165, 1.54) is 30.5 Å². The van der Waals surface area contributed by atoms with Crippen molar-refractivity contribution >= 4 is 34.0 Å². The molecule has 2 unspecified atom stereocenters. The van der Waals surface area contributed by atoms with Gasteiger partial charge in [0.1, 0.15) is 23.1 Å². The fraction of sp³-hybridized carbons (Fsp3) is 0.231. The Morgan fingerprint density at radius 3 is 2.83 bits per heavy atom. The molecule has 0 amide bonds. The number of carbonyl (C=O) groups excluding carboxylic acids is 1. The molecule has 0 saturated carbocycles. The number of ether oxygens (including phenoxy) is 1. The average molecular weight is 489 g/mol. The van der Waals surface area contributed by atoms with Crippen LogP contribution in [0.5, 0.6) is 5.75 Å². The molecular formula is C26H21F2N5O3. The standard InChI is InChI=1S/C26H21F2N5O3/c1-3-17-20(27)5-4-14-7-16(36-12-34)8-18(21(14)17)23-22(28)24-19(9-30-23)25(32-26(35)31-24)33-10-13(2)6-15(29)11-33/h1,4-5,7-9,12-13,15H,6,10-11,29H2,2H3,(H,31,32,35). The molecule has 36 heavy (non-hydrogen) atoms. The number of terminal acetylenes is 1. The van der Waals surface area contributed by atoms with Crippen molar-refractivity contribution in [1.29, 1.82) is 0 Å². The van der Waals surface area contributed by atoms with E-state index >= 15 is 4.39 Å². The van der Waals surface area contributed by atoms with Crippen molar-refractivity contribution in [2.45, 2.75) is 19.4 Å². The normalized spacial score (nSPS) is 17.8. The van der Waals surface area contributed by atoms with Crippen molar-refractivity contribution in [1.82, 2.24) is 15.0 Å². The van der Waals surface area contributed by atoms with Crippen molar-refractivity contribution in [2.24, 2.45) is 11.7 Å². The first-order chi connectivity index (χ1) is 17.3. The van der Waals surface area contributed by atoms with E-state index in [-0.39, 0.29) is 57.7 Å². The lowest BCUT2D eigenvalue weighted by Crippen LogP contribution is -2.47. The Labute approximate surface area is 204 Å². The summed E-state index contributed by atoms with van der Waals surface area (Å²) in [4.78, 5) is 36.2. The molecule has 1 aliphatic rings. The maximum Gasteiger partial charge on any atom is 0.347 e. The van der Waals surface area contributed by atoms with E-state index in [4.69, 9.17) is 16.9 Å². The van der Waals surface area contributed by atoms with Crippen LogP contribution in [0, 0.1) is 29.9 Å². The van der Waals surface area contributed by atoms with Gasteiger partial charge in [0.25, 0.3) is 6.47 Å². The van der Waals surface area contributed by atoms with Gasteiger partial charge in [-0.2, -0.15) is 4.98 Å². The zero-order valence-corrected chi connectivity index (χ0v) is 19.2. The van der Waals surface area contributed by atoms with Crippen molar-refractivity contribution in [3.8, 4) is 29.4 Å². The number of aromatic nitrogens is 3. The van der Waals surface area contributed by atoms with Gasteiger partial charge in [0, 0.05) is 36.3 Å². The molecule has 8 nitrogen and oxygen atoms in total. The Balaban J connectivity index is 1.79. The first-order valence-electron chi connectivity index (χ1n) is 11.2. The van der Waals surface area contributed by atoms with Gasteiger partial charge >= 0.3 is 5.69 Å². The van der Waals surface area contributed by atoms with E-state index in [0.717, 1.165) is 6.42 Å². The number of nitrogens with one attached hydrogen (secondary N) is 1. The number of fused-ring (bicyclic) bond motifs is 2. The third-order valence-corrected chi connectivity index (χ3v) is 6.32. The van der Waals surface area contributed by atoms with Crippen LogP contribution in [0.3, 0.4) is 0 Å². The second-order valence-corrected chi connectivity index (χ2v) is 8.93. The number of rotatable bonds is 4. The lowest BCUT2D eigenvalue weighted by atomic mass is 9.95. The minimum atomic E-state index is -0.862. The molecule has 0 spiro atoms. The van der Waals surface area contributed by atoms with Gasteiger partial charge in [0.2, 0.25) is 0 Å². The fourth-order valence-corrected chi connectivity index (χ4v) is 4.94. The van der Waals surface area contributed by atoms with Crippen LogP contribution in [0.2, 0.25) is 0 Å². The highest BCUT2D eigenvalue weighted by Gasteiger charge is 2.27. The van der Waals surface area contributed by atoms with Crippen LogP contribution < -0.4 is 21.1 Å². The highest BCUT2D eigenvalue weighted by Crippen LogP contribution is 2.38. The van der Waals surface area contributed by atoms with Crippen LogP contribution in [0.15, 0.2) is 35.3 Å². The van der Waals surface area contributed by atoms with Gasteiger partial charge < -0.3 is 20.4 Å². The predicted molar refractivity (Wildman–Crippen MR) is 132 cm³/mol. The molecule has 0 radical (unpaired) electrons. The Bertz CT molecular complexity index is 1620. The number of H-pyrrole nitrogens is 1. The summed E-state index contributed by atoms with van der Waals surface area (Å²) in [5, 5.41) is 0.930. The first kappa shape index (κ1) is 23.4. The molecule has 1 saturated heterocycles. The smallest absolute Gasteiger partial charge is 0.347 e. The molecule has 10 heteroatoms. The van der Waals surface area contributed by atoms with Crippen LogP contribution >= 0.6 is 0 Å². The molecule has 1 aliphatic heterocycles. The van der Waals surface area contributed by atoms with Crippen molar-refractivity contribution < 1.29 is 18.3 Å². The quantitative estimate of drug-likeness (QED) is 0.334. The third-order valence-electron chi connectivity index (χ3n) is 6.32. The van der Waals surface area contributed by atoms with Crippen molar-refractivity contribution in [3.63, 3.8) is 0 Å². The van der Waals surface area contributed by atoms with E-state index in [1.807, 2.05) is 11.8 Å². The number of pyridine rings is 1. The lowest BCUT2D eigenvalue weighted by Gasteiger charge is -2.35. The fourth-order valence-electron chi connectivity index (χ4n) is 4.94. The van der Waals surface area contributed by atoms with Crippen molar-refractivity contribution in [3.05, 3.63) is 58.1 Å². The lowest BCUT2D eigenvalue weighted by molar-refractivity contribution is -0.120. The molecule has 2 aromatic heterocycles. The highest BCUT2D eigenvalue weighted by atomic mass is 19.1. The van der Waals surface area contributed by atoms with Crippen LogP contribution in [0.4, 0.5) is 14.6 Å². The van der Waals surface area contributed by atoms with Gasteiger partial charge in [-0.1, -0.05) is 18.9 Å². The Morgan fingerprint density at radius 2 is 2.11 bits per heavy atom. The van der Waals surface area contributed by atoms with Crippen LogP contribution in [0.25, 0.3) is 32.9 Å². The summed E-state index contributed by atoms with van der Waals surface area (Å²) in [6.07, 6.45) is 7.79. The van der Waals surface area contributed by atoms with Gasteiger partial charge in [-0.3, -0.25) is 9.78 Å². The zero-order chi connectivity index (χ0) is 25.6. The summed E-state index contributed by atoms with van der Waals surface area (Å²) < 4.78 is 35.6. The van der Waals surface area contributed by atoms with Gasteiger partial charge in [0.15, 0.2) is 5.82 Å². The second kappa shape index (κ2) is 9.02. The number of hydrogen-bond donors (Lipinski definition) is 2. The monoisotopic (exact) mass is 489 g/mol. The Hall–Kier alpha value is -4.36. The third kappa shape index (κ3) is 3.93. The molecule has 182 valence electrons. The summed E-state index contributed by atoms with van der Waals surface area (Å²) in [5.74, 6) is 1.39. The number of hydrogen-bond acceptors (Lipinski definition) is 7. The second-order valence-electron chi connectivity index (χ2n) is 8.93. The van der Waals surface area contributed by atoms with E-state index in [0.29, 0.717) is 23.9 Å². The van der Waals surface area contributed by atoms with E-state index < -0.39 is 17.3 Å². The molecule has 5 rings (SSSR count).